The number of fused-ring (bicyclic) bond motifs is 1. The molecule has 0 aliphatic heterocycles. The number of para-hydroxylation sites is 1. The lowest BCUT2D eigenvalue weighted by atomic mass is 9.86. The molecule has 1 aliphatic rings. The zero-order valence-corrected chi connectivity index (χ0v) is 21.6. The quantitative estimate of drug-likeness (QED) is 0.264. The number of hydrogen-bond acceptors (Lipinski definition) is 6. The fourth-order valence-electron chi connectivity index (χ4n) is 4.33. The highest BCUT2D eigenvalue weighted by Crippen LogP contribution is 2.34. The molecule has 8 nitrogen and oxygen atoms in total. The number of carboxylic acid groups (broad SMARTS) is 1. The van der Waals surface area contributed by atoms with Crippen molar-refractivity contribution in [2.75, 3.05) is 17.6 Å². The molecule has 1 saturated carbocycles. The van der Waals surface area contributed by atoms with Crippen LogP contribution >= 0.6 is 23.1 Å². The van der Waals surface area contributed by atoms with Crippen LogP contribution in [0.5, 0.6) is 0 Å². The molecule has 3 amide bonds. The minimum absolute atomic E-state index is 0.104. The monoisotopic (exact) mass is 566 g/mol. The van der Waals surface area contributed by atoms with E-state index in [2.05, 4.69) is 15.6 Å². The van der Waals surface area contributed by atoms with E-state index in [9.17, 15) is 27.6 Å². The number of benzene rings is 2. The maximum atomic E-state index is 13.1. The Balaban J connectivity index is 1.35. The average Bonchev–Trinajstić information content (AvgIpc) is 3.29. The zero-order chi connectivity index (χ0) is 27.3. The minimum Gasteiger partial charge on any atom is -0.465 e. The molecule has 1 heterocycles. The number of amides is 3. The first-order chi connectivity index (χ1) is 18.1. The highest BCUT2D eigenvalue weighted by atomic mass is 32.2. The predicted octanol–water partition coefficient (Wildman–Crippen LogP) is 5.60. The number of thiazole rings is 1. The van der Waals surface area contributed by atoms with E-state index in [0.29, 0.717) is 12.1 Å². The number of alkyl halides is 3. The van der Waals surface area contributed by atoms with Gasteiger partial charge in [0.25, 0.3) is 5.91 Å². The maximum absolute atomic E-state index is 13.1. The van der Waals surface area contributed by atoms with Crippen molar-refractivity contribution < 1.29 is 32.7 Å². The maximum Gasteiger partial charge on any atom is 0.416 e. The summed E-state index contributed by atoms with van der Waals surface area (Å²) in [6, 6.07) is 9.88. The van der Waals surface area contributed by atoms with Crippen LogP contribution in [0.2, 0.25) is 0 Å². The number of carbonyl (C=O) groups excluding carboxylic acids is 2. The summed E-state index contributed by atoms with van der Waals surface area (Å²) in [5.74, 6) is -0.497. The lowest BCUT2D eigenvalue weighted by molar-refractivity contribution is -0.137. The van der Waals surface area contributed by atoms with Crippen LogP contribution in [0.4, 0.5) is 23.7 Å². The molecule has 2 atom stereocenters. The Labute approximate surface area is 224 Å². The standard InChI is InChI=1S/C25H25F3N4O4S2/c26-25(27,28)15-9-10-18(31-23(35)36)16(11-15)22(34)29-12-21(33)30-17-6-2-1-5-14(17)13-37-24-32-19-7-3-4-8-20(19)38-24/h3-4,7-11,14,17,31H,1-2,5-6,12-13H2,(H,29,34)(H,30,33)(H,35,36). The van der Waals surface area contributed by atoms with E-state index in [-0.39, 0.29) is 17.6 Å². The Morgan fingerprint density at radius 1 is 1.11 bits per heavy atom. The van der Waals surface area contributed by atoms with Gasteiger partial charge in [-0.2, -0.15) is 13.2 Å². The van der Waals surface area contributed by atoms with E-state index in [4.69, 9.17) is 5.11 Å². The van der Waals surface area contributed by atoms with Crippen LogP contribution < -0.4 is 16.0 Å². The molecule has 2 aromatic carbocycles. The van der Waals surface area contributed by atoms with E-state index in [1.54, 1.807) is 23.1 Å². The smallest absolute Gasteiger partial charge is 0.416 e. The first-order valence-corrected chi connectivity index (χ1v) is 13.7. The van der Waals surface area contributed by atoms with Crippen LogP contribution in [0.3, 0.4) is 0 Å². The molecule has 0 saturated heterocycles. The third kappa shape index (κ3) is 7.16. The van der Waals surface area contributed by atoms with Gasteiger partial charge < -0.3 is 15.7 Å². The molecule has 3 aromatic rings. The van der Waals surface area contributed by atoms with Crippen LogP contribution in [-0.2, 0) is 11.0 Å². The third-order valence-corrected chi connectivity index (χ3v) is 8.56. The second-order valence-electron chi connectivity index (χ2n) is 8.85. The van der Waals surface area contributed by atoms with Crippen LogP contribution in [0.1, 0.15) is 41.6 Å². The van der Waals surface area contributed by atoms with Crippen molar-refractivity contribution >= 4 is 56.9 Å². The summed E-state index contributed by atoms with van der Waals surface area (Å²) in [7, 11) is 0. The summed E-state index contributed by atoms with van der Waals surface area (Å²) in [4.78, 5) is 40.9. The van der Waals surface area contributed by atoms with Crippen molar-refractivity contribution in [1.29, 1.82) is 0 Å². The molecule has 202 valence electrons. The number of carbonyl (C=O) groups is 3. The lowest BCUT2D eigenvalue weighted by Gasteiger charge is -2.32. The topological polar surface area (TPSA) is 120 Å². The molecule has 38 heavy (non-hydrogen) atoms. The molecule has 1 aromatic heterocycles. The van der Waals surface area contributed by atoms with Crippen LogP contribution in [0.25, 0.3) is 10.2 Å². The third-order valence-electron chi connectivity index (χ3n) is 6.19. The number of rotatable bonds is 8. The molecule has 13 heteroatoms. The van der Waals surface area contributed by atoms with Gasteiger partial charge in [-0.3, -0.25) is 14.9 Å². The Morgan fingerprint density at radius 2 is 1.87 bits per heavy atom. The molecule has 1 aliphatic carbocycles. The number of aromatic nitrogens is 1. The van der Waals surface area contributed by atoms with Gasteiger partial charge in [0, 0.05) is 11.8 Å². The fraction of sp³-hybridized carbons (Fsp3) is 0.360. The normalized spacial score (nSPS) is 17.7. The lowest BCUT2D eigenvalue weighted by Crippen LogP contribution is -2.47. The van der Waals surface area contributed by atoms with Gasteiger partial charge in [0.2, 0.25) is 5.91 Å². The van der Waals surface area contributed by atoms with Gasteiger partial charge in [0.05, 0.1) is 33.6 Å². The zero-order valence-electron chi connectivity index (χ0n) is 20.0. The molecule has 4 N–H and O–H groups in total. The van der Waals surface area contributed by atoms with E-state index >= 15 is 0 Å². The second kappa shape index (κ2) is 12.0. The highest BCUT2D eigenvalue weighted by Gasteiger charge is 2.32. The molecular weight excluding hydrogens is 541 g/mol. The van der Waals surface area contributed by atoms with Gasteiger partial charge >= 0.3 is 12.3 Å². The molecule has 0 spiro atoms. The fourth-order valence-corrected chi connectivity index (χ4v) is 6.66. The van der Waals surface area contributed by atoms with E-state index in [0.717, 1.165) is 52.1 Å². The van der Waals surface area contributed by atoms with E-state index in [1.807, 2.05) is 29.6 Å². The number of nitrogens with one attached hydrogen (secondary N) is 3. The van der Waals surface area contributed by atoms with E-state index < -0.39 is 41.8 Å². The second-order valence-corrected chi connectivity index (χ2v) is 11.1. The van der Waals surface area contributed by atoms with Gasteiger partial charge in [-0.05, 0) is 49.1 Å². The molecule has 0 bridgehead atoms. The van der Waals surface area contributed by atoms with Gasteiger partial charge in [0.1, 0.15) is 0 Å². The van der Waals surface area contributed by atoms with Crippen LogP contribution in [-0.4, -0.2) is 46.3 Å². The first-order valence-electron chi connectivity index (χ1n) is 11.9. The summed E-state index contributed by atoms with van der Waals surface area (Å²) >= 11 is 3.27. The van der Waals surface area contributed by atoms with Crippen molar-refractivity contribution in [1.82, 2.24) is 15.6 Å². The molecule has 0 radical (unpaired) electrons. The number of anilines is 1. The molecule has 4 rings (SSSR count). The molecular formula is C25H25F3N4O4S2. The highest BCUT2D eigenvalue weighted by molar-refractivity contribution is 8.01. The minimum atomic E-state index is -4.73. The van der Waals surface area contributed by atoms with Gasteiger partial charge in [-0.15, -0.1) is 11.3 Å². The van der Waals surface area contributed by atoms with Crippen molar-refractivity contribution in [3.05, 3.63) is 53.6 Å². The van der Waals surface area contributed by atoms with Crippen molar-refractivity contribution in [2.24, 2.45) is 5.92 Å². The predicted molar refractivity (Wildman–Crippen MR) is 140 cm³/mol. The molecule has 2 unspecified atom stereocenters. The number of nitrogens with zero attached hydrogens (tertiary/aromatic N) is 1. The Bertz CT molecular complexity index is 1300. The summed E-state index contributed by atoms with van der Waals surface area (Å²) in [6.45, 7) is -0.462. The van der Waals surface area contributed by atoms with Gasteiger partial charge in [-0.1, -0.05) is 36.7 Å². The Kier molecular flexibility index (Phi) is 8.77. The number of halogens is 3. The molecule has 1 fully saturated rings. The van der Waals surface area contributed by atoms with Gasteiger partial charge in [0.15, 0.2) is 4.34 Å². The number of thioether (sulfide) groups is 1. The van der Waals surface area contributed by atoms with Crippen molar-refractivity contribution in [3.63, 3.8) is 0 Å². The Morgan fingerprint density at radius 3 is 2.61 bits per heavy atom. The summed E-state index contributed by atoms with van der Waals surface area (Å²) < 4.78 is 41.4. The van der Waals surface area contributed by atoms with Crippen molar-refractivity contribution in [2.45, 2.75) is 42.2 Å². The summed E-state index contributed by atoms with van der Waals surface area (Å²) in [6.07, 6.45) is -2.55. The SMILES string of the molecule is O=C(O)Nc1ccc(C(F)(F)F)cc1C(=O)NCC(=O)NC1CCCCC1CSc1nc2ccccc2s1. The summed E-state index contributed by atoms with van der Waals surface area (Å²) in [5.41, 5.74) is -1.01. The van der Waals surface area contributed by atoms with Gasteiger partial charge in [-0.25, -0.2) is 9.78 Å². The Hall–Kier alpha value is -3.32. The summed E-state index contributed by atoms with van der Waals surface area (Å²) in [5, 5.41) is 16.1. The van der Waals surface area contributed by atoms with E-state index in [1.165, 1.54) is 0 Å². The first kappa shape index (κ1) is 27.7. The number of hydrogen-bond donors (Lipinski definition) is 4. The van der Waals surface area contributed by atoms with Crippen LogP contribution in [0, 0.1) is 5.92 Å². The van der Waals surface area contributed by atoms with Crippen LogP contribution in [0.15, 0.2) is 46.8 Å². The largest absolute Gasteiger partial charge is 0.465 e. The average molecular weight is 567 g/mol. The van der Waals surface area contributed by atoms with Crippen molar-refractivity contribution in [3.8, 4) is 0 Å².